The molecular formula is C12H18N2O2. The molecule has 88 valence electrons. The second kappa shape index (κ2) is 4.31. The first-order valence-electron chi connectivity index (χ1n) is 5.46. The van der Waals surface area contributed by atoms with Crippen LogP contribution in [0.1, 0.15) is 13.8 Å². The number of nitrogens with two attached hydrogens (primary N) is 1. The first-order valence-corrected chi connectivity index (χ1v) is 5.46. The van der Waals surface area contributed by atoms with Gasteiger partial charge in [-0.15, -0.1) is 0 Å². The third-order valence-corrected chi connectivity index (χ3v) is 2.51. The molecule has 1 saturated heterocycles. The van der Waals surface area contributed by atoms with E-state index >= 15 is 0 Å². The van der Waals surface area contributed by atoms with E-state index in [0.29, 0.717) is 6.61 Å². The Kier molecular flexibility index (Phi) is 3.03. The van der Waals surface area contributed by atoms with Crippen LogP contribution in [0.2, 0.25) is 0 Å². The number of nitrogens with one attached hydrogen (secondary N) is 1. The summed E-state index contributed by atoms with van der Waals surface area (Å²) in [5, 5.41) is 3.29. The molecule has 0 bridgehead atoms. The summed E-state index contributed by atoms with van der Waals surface area (Å²) in [6.45, 7) is 5.23. The second-order valence-electron chi connectivity index (χ2n) is 4.45. The molecule has 3 N–H and O–H groups in total. The van der Waals surface area contributed by atoms with Crippen LogP contribution in [0.3, 0.4) is 0 Å². The Morgan fingerprint density at radius 3 is 2.62 bits per heavy atom. The highest BCUT2D eigenvalue weighted by molar-refractivity contribution is 5.51. The average molecular weight is 222 g/mol. The Hall–Kier alpha value is -1.26. The van der Waals surface area contributed by atoms with Crippen molar-refractivity contribution in [2.75, 3.05) is 24.2 Å². The largest absolute Gasteiger partial charge is 0.399 e. The van der Waals surface area contributed by atoms with E-state index in [4.69, 9.17) is 15.2 Å². The van der Waals surface area contributed by atoms with Gasteiger partial charge in [0.2, 0.25) is 0 Å². The van der Waals surface area contributed by atoms with Crippen LogP contribution in [0.15, 0.2) is 24.3 Å². The smallest absolute Gasteiger partial charge is 0.163 e. The highest BCUT2D eigenvalue weighted by atomic mass is 16.7. The van der Waals surface area contributed by atoms with E-state index in [1.165, 1.54) is 0 Å². The van der Waals surface area contributed by atoms with Crippen molar-refractivity contribution in [2.24, 2.45) is 0 Å². The van der Waals surface area contributed by atoms with E-state index in [1.54, 1.807) is 0 Å². The van der Waals surface area contributed by atoms with Gasteiger partial charge in [-0.2, -0.15) is 0 Å². The fourth-order valence-corrected chi connectivity index (χ4v) is 1.70. The topological polar surface area (TPSA) is 56.5 Å². The van der Waals surface area contributed by atoms with E-state index in [2.05, 4.69) is 5.32 Å². The van der Waals surface area contributed by atoms with Crippen LogP contribution in [0.25, 0.3) is 0 Å². The number of hydrogen-bond donors (Lipinski definition) is 2. The fraction of sp³-hybridized carbons (Fsp3) is 0.500. The van der Waals surface area contributed by atoms with Crippen LogP contribution in [0.4, 0.5) is 11.4 Å². The van der Waals surface area contributed by atoms with E-state index in [9.17, 15) is 0 Å². The van der Waals surface area contributed by atoms with Gasteiger partial charge in [-0.1, -0.05) is 0 Å². The van der Waals surface area contributed by atoms with Crippen molar-refractivity contribution in [1.29, 1.82) is 0 Å². The molecule has 2 rings (SSSR count). The van der Waals surface area contributed by atoms with E-state index in [-0.39, 0.29) is 6.10 Å². The van der Waals surface area contributed by atoms with E-state index < -0.39 is 5.79 Å². The molecule has 1 aliphatic rings. The Morgan fingerprint density at radius 2 is 2.06 bits per heavy atom. The maximum absolute atomic E-state index is 5.68. The molecule has 1 aromatic rings. The van der Waals surface area contributed by atoms with Crippen molar-refractivity contribution in [3.05, 3.63) is 24.3 Å². The third kappa shape index (κ3) is 2.87. The third-order valence-electron chi connectivity index (χ3n) is 2.51. The van der Waals surface area contributed by atoms with Gasteiger partial charge >= 0.3 is 0 Å². The number of ether oxygens (including phenoxy) is 2. The van der Waals surface area contributed by atoms with Gasteiger partial charge in [-0.3, -0.25) is 0 Å². The molecule has 1 unspecified atom stereocenters. The summed E-state index contributed by atoms with van der Waals surface area (Å²) in [5.41, 5.74) is 7.42. The van der Waals surface area contributed by atoms with Crippen LogP contribution in [-0.2, 0) is 9.47 Å². The lowest BCUT2D eigenvalue weighted by Gasteiger charge is -2.17. The normalized spacial score (nSPS) is 23.2. The van der Waals surface area contributed by atoms with Gasteiger partial charge in [-0.25, -0.2) is 0 Å². The first-order chi connectivity index (χ1) is 7.55. The summed E-state index contributed by atoms with van der Waals surface area (Å²) in [5.74, 6) is -0.451. The Labute approximate surface area is 95.7 Å². The molecule has 0 aromatic heterocycles. The molecular weight excluding hydrogens is 204 g/mol. The fourth-order valence-electron chi connectivity index (χ4n) is 1.70. The second-order valence-corrected chi connectivity index (χ2v) is 4.45. The molecule has 16 heavy (non-hydrogen) atoms. The van der Waals surface area contributed by atoms with E-state index in [1.807, 2.05) is 38.1 Å². The lowest BCUT2D eigenvalue weighted by Crippen LogP contribution is -2.25. The minimum Gasteiger partial charge on any atom is -0.399 e. The van der Waals surface area contributed by atoms with Crippen molar-refractivity contribution >= 4 is 11.4 Å². The maximum Gasteiger partial charge on any atom is 0.163 e. The quantitative estimate of drug-likeness (QED) is 0.766. The molecule has 0 aliphatic carbocycles. The Bertz CT molecular complexity index is 349. The Morgan fingerprint density at radius 1 is 1.38 bits per heavy atom. The van der Waals surface area contributed by atoms with Crippen LogP contribution >= 0.6 is 0 Å². The van der Waals surface area contributed by atoms with Crippen molar-refractivity contribution in [1.82, 2.24) is 0 Å². The number of nitrogen functional groups attached to an aromatic ring is 1. The summed E-state index contributed by atoms with van der Waals surface area (Å²) in [7, 11) is 0. The highest BCUT2D eigenvalue weighted by Gasteiger charge is 2.32. The van der Waals surface area contributed by atoms with Crippen LogP contribution in [0, 0.1) is 0 Å². The summed E-state index contributed by atoms with van der Waals surface area (Å²) >= 11 is 0. The molecule has 4 nitrogen and oxygen atoms in total. The number of benzene rings is 1. The SMILES string of the molecule is CC1(C)OCC(CNc2ccc(N)cc2)O1. The molecule has 0 radical (unpaired) electrons. The molecule has 1 aromatic carbocycles. The van der Waals surface area contributed by atoms with Crippen molar-refractivity contribution in [3.8, 4) is 0 Å². The zero-order chi connectivity index (χ0) is 11.6. The zero-order valence-electron chi connectivity index (χ0n) is 9.69. The average Bonchev–Trinajstić information content (AvgIpc) is 2.58. The minimum atomic E-state index is -0.451. The van der Waals surface area contributed by atoms with Crippen molar-refractivity contribution in [2.45, 2.75) is 25.7 Å². The highest BCUT2D eigenvalue weighted by Crippen LogP contribution is 2.22. The van der Waals surface area contributed by atoms with Gasteiger partial charge in [0, 0.05) is 17.9 Å². The molecule has 1 aliphatic heterocycles. The summed E-state index contributed by atoms with van der Waals surface area (Å²) < 4.78 is 11.2. The standard InChI is InChI=1S/C12H18N2O2/c1-12(2)15-8-11(16-12)7-14-10-5-3-9(13)4-6-10/h3-6,11,14H,7-8,13H2,1-2H3. The van der Waals surface area contributed by atoms with Gasteiger partial charge in [0.25, 0.3) is 0 Å². The van der Waals surface area contributed by atoms with E-state index in [0.717, 1.165) is 17.9 Å². The van der Waals surface area contributed by atoms with Crippen molar-refractivity contribution in [3.63, 3.8) is 0 Å². The molecule has 4 heteroatoms. The van der Waals surface area contributed by atoms with Gasteiger partial charge in [-0.05, 0) is 38.1 Å². The molecule has 1 atom stereocenters. The molecule has 1 fully saturated rings. The van der Waals surface area contributed by atoms with Gasteiger partial charge in [0.1, 0.15) is 6.10 Å². The van der Waals surface area contributed by atoms with Crippen molar-refractivity contribution < 1.29 is 9.47 Å². The van der Waals surface area contributed by atoms with Gasteiger partial charge in [0.05, 0.1) is 6.61 Å². The summed E-state index contributed by atoms with van der Waals surface area (Å²) in [6, 6.07) is 7.66. The maximum atomic E-state index is 5.68. The first kappa shape index (κ1) is 11.2. The number of anilines is 2. The van der Waals surface area contributed by atoms with Crippen LogP contribution in [0.5, 0.6) is 0 Å². The van der Waals surface area contributed by atoms with Crippen LogP contribution < -0.4 is 11.1 Å². The van der Waals surface area contributed by atoms with Gasteiger partial charge in [0.15, 0.2) is 5.79 Å². The molecule has 0 spiro atoms. The molecule has 1 heterocycles. The minimum absolute atomic E-state index is 0.104. The monoisotopic (exact) mass is 222 g/mol. The Balaban J connectivity index is 1.82. The lowest BCUT2D eigenvalue weighted by molar-refractivity contribution is -0.136. The predicted molar refractivity (Wildman–Crippen MR) is 64.2 cm³/mol. The lowest BCUT2D eigenvalue weighted by atomic mass is 10.2. The molecule has 0 amide bonds. The zero-order valence-corrected chi connectivity index (χ0v) is 9.69. The van der Waals surface area contributed by atoms with Gasteiger partial charge < -0.3 is 20.5 Å². The predicted octanol–water partition coefficient (Wildman–Crippen LogP) is 1.83. The molecule has 0 saturated carbocycles. The summed E-state index contributed by atoms with van der Waals surface area (Å²) in [4.78, 5) is 0. The van der Waals surface area contributed by atoms with Crippen LogP contribution in [-0.4, -0.2) is 25.0 Å². The number of hydrogen-bond acceptors (Lipinski definition) is 4. The number of rotatable bonds is 3. The summed E-state index contributed by atoms with van der Waals surface area (Å²) in [6.07, 6.45) is 0.104.